The minimum atomic E-state index is -0.849. The fourth-order valence-electron chi connectivity index (χ4n) is 2.11. The lowest BCUT2D eigenvalue weighted by Gasteiger charge is -2.15. The molecule has 2 aromatic rings. The van der Waals surface area contributed by atoms with Gasteiger partial charge in [0, 0.05) is 18.4 Å². The summed E-state index contributed by atoms with van der Waals surface area (Å²) in [4.78, 5) is 11.9. The smallest absolute Gasteiger partial charge is 0.165 e. The lowest BCUT2D eigenvalue weighted by Crippen LogP contribution is -2.17. The molecule has 0 aromatic heterocycles. The Balaban J connectivity index is 1.90. The van der Waals surface area contributed by atoms with E-state index in [1.165, 1.54) is 0 Å². The second-order valence-corrected chi connectivity index (χ2v) is 4.81. The standard InChI is InChI=1S/C17H18O3/c18-15(11-16(19)13-7-3-1-4-8-13)12-17(20)14-9-5-2-6-10-14/h1-10,15-16,18-19H,11-12H2. The van der Waals surface area contributed by atoms with Gasteiger partial charge >= 0.3 is 0 Å². The van der Waals surface area contributed by atoms with Crippen LogP contribution >= 0.6 is 0 Å². The number of hydrogen-bond acceptors (Lipinski definition) is 3. The van der Waals surface area contributed by atoms with Gasteiger partial charge in [-0.15, -0.1) is 0 Å². The molecule has 2 unspecified atom stereocenters. The van der Waals surface area contributed by atoms with E-state index in [0.29, 0.717) is 5.56 Å². The summed E-state index contributed by atoms with van der Waals surface area (Å²) in [5, 5.41) is 19.9. The van der Waals surface area contributed by atoms with E-state index in [4.69, 9.17) is 0 Å². The van der Waals surface area contributed by atoms with Crippen molar-refractivity contribution in [2.45, 2.75) is 25.0 Å². The number of aliphatic hydroxyl groups excluding tert-OH is 2. The fourth-order valence-corrected chi connectivity index (χ4v) is 2.11. The number of rotatable bonds is 6. The molecule has 104 valence electrons. The maximum atomic E-state index is 11.9. The van der Waals surface area contributed by atoms with Gasteiger partial charge in [-0.05, 0) is 5.56 Å². The number of ketones is 1. The molecule has 3 heteroatoms. The zero-order chi connectivity index (χ0) is 14.4. The van der Waals surface area contributed by atoms with Gasteiger partial charge in [-0.2, -0.15) is 0 Å². The van der Waals surface area contributed by atoms with Crippen LogP contribution < -0.4 is 0 Å². The first-order valence-corrected chi connectivity index (χ1v) is 6.66. The molecule has 0 aliphatic heterocycles. The van der Waals surface area contributed by atoms with Crippen LogP contribution in [0.2, 0.25) is 0 Å². The summed E-state index contributed by atoms with van der Waals surface area (Å²) in [7, 11) is 0. The van der Waals surface area contributed by atoms with Gasteiger partial charge in [0.1, 0.15) is 0 Å². The maximum Gasteiger partial charge on any atom is 0.165 e. The summed E-state index contributed by atoms with van der Waals surface area (Å²) >= 11 is 0. The van der Waals surface area contributed by atoms with Crippen LogP contribution in [0.5, 0.6) is 0 Å². The molecule has 0 amide bonds. The van der Waals surface area contributed by atoms with E-state index < -0.39 is 12.2 Å². The van der Waals surface area contributed by atoms with Crippen LogP contribution in [-0.4, -0.2) is 22.1 Å². The van der Waals surface area contributed by atoms with Gasteiger partial charge in [-0.1, -0.05) is 60.7 Å². The summed E-state index contributed by atoms with van der Waals surface area (Å²) < 4.78 is 0. The maximum absolute atomic E-state index is 11.9. The zero-order valence-corrected chi connectivity index (χ0v) is 11.1. The molecule has 0 saturated carbocycles. The third kappa shape index (κ3) is 4.02. The molecule has 0 bridgehead atoms. The average molecular weight is 270 g/mol. The first kappa shape index (κ1) is 14.4. The summed E-state index contributed by atoms with van der Waals surface area (Å²) in [6.07, 6.45) is -1.43. The molecule has 0 radical (unpaired) electrons. The molecule has 0 heterocycles. The molecule has 0 spiro atoms. The number of carbonyl (C=O) groups excluding carboxylic acids is 1. The van der Waals surface area contributed by atoms with E-state index in [1.807, 2.05) is 24.3 Å². The minimum Gasteiger partial charge on any atom is -0.393 e. The molecular weight excluding hydrogens is 252 g/mol. The van der Waals surface area contributed by atoms with Crippen molar-refractivity contribution in [1.29, 1.82) is 0 Å². The first-order chi connectivity index (χ1) is 9.66. The van der Waals surface area contributed by atoms with Crippen molar-refractivity contribution in [2.75, 3.05) is 0 Å². The van der Waals surface area contributed by atoms with Crippen molar-refractivity contribution in [3.05, 3.63) is 71.8 Å². The second-order valence-electron chi connectivity index (χ2n) is 4.81. The molecule has 0 aliphatic carbocycles. The zero-order valence-electron chi connectivity index (χ0n) is 11.1. The SMILES string of the molecule is O=C(CC(O)CC(O)c1ccccc1)c1ccccc1. The van der Waals surface area contributed by atoms with E-state index in [9.17, 15) is 15.0 Å². The Hall–Kier alpha value is -1.97. The molecule has 2 rings (SSSR count). The summed E-state index contributed by atoms with van der Waals surface area (Å²) in [6.45, 7) is 0. The van der Waals surface area contributed by atoms with Crippen LogP contribution in [0.25, 0.3) is 0 Å². The van der Waals surface area contributed by atoms with Crippen LogP contribution in [0, 0.1) is 0 Å². The molecule has 20 heavy (non-hydrogen) atoms. The second kappa shape index (κ2) is 6.98. The number of hydrogen-bond donors (Lipinski definition) is 2. The summed E-state index contributed by atoms with van der Waals surface area (Å²) in [6, 6.07) is 18.0. The van der Waals surface area contributed by atoms with Crippen LogP contribution in [-0.2, 0) is 0 Å². The van der Waals surface area contributed by atoms with Crippen LogP contribution in [0.4, 0.5) is 0 Å². The Labute approximate surface area is 118 Å². The monoisotopic (exact) mass is 270 g/mol. The largest absolute Gasteiger partial charge is 0.393 e. The normalized spacial score (nSPS) is 13.7. The predicted molar refractivity (Wildman–Crippen MR) is 77.4 cm³/mol. The van der Waals surface area contributed by atoms with Crippen molar-refractivity contribution < 1.29 is 15.0 Å². The molecule has 2 atom stereocenters. The fraction of sp³-hybridized carbons (Fsp3) is 0.235. The molecular formula is C17H18O3. The van der Waals surface area contributed by atoms with Crippen LogP contribution in [0.1, 0.15) is 34.9 Å². The highest BCUT2D eigenvalue weighted by Crippen LogP contribution is 2.20. The quantitative estimate of drug-likeness (QED) is 0.793. The lowest BCUT2D eigenvalue weighted by molar-refractivity contribution is 0.0657. The predicted octanol–water partition coefficient (Wildman–Crippen LogP) is 2.74. The van der Waals surface area contributed by atoms with Gasteiger partial charge in [0.25, 0.3) is 0 Å². The highest BCUT2D eigenvalue weighted by Gasteiger charge is 2.17. The third-order valence-corrected chi connectivity index (χ3v) is 3.20. The van der Waals surface area contributed by atoms with Crippen molar-refractivity contribution in [3.63, 3.8) is 0 Å². The van der Waals surface area contributed by atoms with Crippen molar-refractivity contribution in [3.8, 4) is 0 Å². The number of carbonyl (C=O) groups is 1. The molecule has 0 saturated heterocycles. The van der Waals surface area contributed by atoms with Crippen LogP contribution in [0.15, 0.2) is 60.7 Å². The molecule has 2 aromatic carbocycles. The van der Waals surface area contributed by atoms with Crippen molar-refractivity contribution in [2.24, 2.45) is 0 Å². The van der Waals surface area contributed by atoms with Crippen molar-refractivity contribution >= 4 is 5.78 Å². The van der Waals surface area contributed by atoms with Gasteiger partial charge in [0.05, 0.1) is 12.2 Å². The lowest BCUT2D eigenvalue weighted by atomic mass is 9.98. The van der Waals surface area contributed by atoms with Gasteiger partial charge < -0.3 is 10.2 Å². The first-order valence-electron chi connectivity index (χ1n) is 6.66. The summed E-state index contributed by atoms with van der Waals surface area (Å²) in [5.41, 5.74) is 1.33. The highest BCUT2D eigenvalue weighted by atomic mass is 16.3. The van der Waals surface area contributed by atoms with E-state index >= 15 is 0 Å². The highest BCUT2D eigenvalue weighted by molar-refractivity contribution is 5.96. The Kier molecular flexibility index (Phi) is 5.04. The Morgan fingerprint density at radius 2 is 1.45 bits per heavy atom. The minimum absolute atomic E-state index is 0.0217. The Bertz CT molecular complexity index is 537. The topological polar surface area (TPSA) is 57.5 Å². The van der Waals surface area contributed by atoms with E-state index in [2.05, 4.69) is 0 Å². The third-order valence-electron chi connectivity index (χ3n) is 3.20. The molecule has 0 fully saturated rings. The van der Waals surface area contributed by atoms with E-state index in [0.717, 1.165) is 5.56 Å². The Morgan fingerprint density at radius 3 is 2.05 bits per heavy atom. The number of benzene rings is 2. The van der Waals surface area contributed by atoms with Crippen molar-refractivity contribution in [1.82, 2.24) is 0 Å². The number of aliphatic hydroxyl groups is 2. The summed E-state index contributed by atoms with van der Waals surface area (Å²) in [5.74, 6) is -0.113. The van der Waals surface area contributed by atoms with Gasteiger partial charge in [0.15, 0.2) is 5.78 Å². The average Bonchev–Trinajstić information content (AvgIpc) is 2.49. The molecule has 2 N–H and O–H groups in total. The molecule has 3 nitrogen and oxygen atoms in total. The Morgan fingerprint density at radius 1 is 0.900 bits per heavy atom. The van der Waals surface area contributed by atoms with Gasteiger partial charge in [0.2, 0.25) is 0 Å². The van der Waals surface area contributed by atoms with E-state index in [1.54, 1.807) is 36.4 Å². The van der Waals surface area contributed by atoms with E-state index in [-0.39, 0.29) is 18.6 Å². The van der Waals surface area contributed by atoms with Crippen LogP contribution in [0.3, 0.4) is 0 Å². The van der Waals surface area contributed by atoms with Gasteiger partial charge in [-0.25, -0.2) is 0 Å². The number of Topliss-reactive ketones (excluding diaryl/α,β-unsaturated/α-hetero) is 1. The van der Waals surface area contributed by atoms with Gasteiger partial charge in [-0.3, -0.25) is 4.79 Å². The molecule has 0 aliphatic rings.